The van der Waals surface area contributed by atoms with Crippen LogP contribution in [0.1, 0.15) is 22.5 Å². The zero-order valence-corrected chi connectivity index (χ0v) is 17.9. The first-order valence-corrected chi connectivity index (χ1v) is 10.5. The maximum atomic E-state index is 13.5. The van der Waals surface area contributed by atoms with Gasteiger partial charge in [0.2, 0.25) is 0 Å². The number of nitrogens with zero attached hydrogens (tertiary/aromatic N) is 1. The van der Waals surface area contributed by atoms with Gasteiger partial charge < -0.3 is 9.73 Å². The maximum Gasteiger partial charge on any atom is 0.278 e. The van der Waals surface area contributed by atoms with Gasteiger partial charge in [0.1, 0.15) is 11.5 Å². The number of anilines is 1. The normalized spacial score (nSPS) is 14.0. The van der Waals surface area contributed by atoms with Crippen LogP contribution in [-0.2, 0) is 16.1 Å². The molecule has 0 bridgehead atoms. The van der Waals surface area contributed by atoms with E-state index in [2.05, 4.69) is 5.32 Å². The molecule has 5 nitrogen and oxygen atoms in total. The van der Waals surface area contributed by atoms with Crippen molar-refractivity contribution in [3.8, 4) is 0 Å². The van der Waals surface area contributed by atoms with E-state index in [-0.39, 0.29) is 24.1 Å². The highest BCUT2D eigenvalue weighted by atomic mass is 16.3. The van der Waals surface area contributed by atoms with Crippen molar-refractivity contribution in [3.05, 3.63) is 107 Å². The number of amides is 2. The van der Waals surface area contributed by atoms with E-state index in [0.717, 1.165) is 33.2 Å². The van der Waals surface area contributed by atoms with Gasteiger partial charge in [0.15, 0.2) is 0 Å². The first kappa shape index (κ1) is 19.8. The van der Waals surface area contributed by atoms with Crippen molar-refractivity contribution in [2.75, 3.05) is 5.32 Å². The molecule has 1 aromatic heterocycles. The van der Waals surface area contributed by atoms with Crippen LogP contribution >= 0.6 is 0 Å². The lowest BCUT2D eigenvalue weighted by Crippen LogP contribution is -2.31. The number of hydrogen-bond donors (Lipinski definition) is 1. The Labute approximate surface area is 186 Å². The van der Waals surface area contributed by atoms with Crippen LogP contribution in [0.15, 0.2) is 89.2 Å². The Morgan fingerprint density at radius 1 is 0.844 bits per heavy atom. The summed E-state index contributed by atoms with van der Waals surface area (Å²) in [7, 11) is 0. The topological polar surface area (TPSA) is 62.6 Å². The molecule has 0 saturated heterocycles. The molecule has 0 aliphatic carbocycles. The average Bonchev–Trinajstić information content (AvgIpc) is 3.39. The Morgan fingerprint density at radius 3 is 2.44 bits per heavy atom. The zero-order valence-electron chi connectivity index (χ0n) is 17.9. The highest BCUT2D eigenvalue weighted by molar-refractivity contribution is 6.36. The first-order chi connectivity index (χ1) is 15.5. The van der Waals surface area contributed by atoms with Gasteiger partial charge in [-0.2, -0.15) is 0 Å². The van der Waals surface area contributed by atoms with E-state index in [9.17, 15) is 9.59 Å². The van der Waals surface area contributed by atoms with Gasteiger partial charge >= 0.3 is 0 Å². The van der Waals surface area contributed by atoms with Gasteiger partial charge in [-0.15, -0.1) is 0 Å². The number of aryl methyl sites for hydroxylation is 2. The molecule has 0 unspecified atom stereocenters. The molecule has 5 heteroatoms. The SMILES string of the molecule is Cc1ccc(C2=C(Nc3cccc4ccccc34)C(=O)N(Cc3ccco3)C2=O)cc1C. The molecule has 1 N–H and O–H groups in total. The molecule has 1 aliphatic rings. The Balaban J connectivity index is 1.63. The molecule has 0 fully saturated rings. The third-order valence-electron chi connectivity index (χ3n) is 5.91. The van der Waals surface area contributed by atoms with E-state index >= 15 is 0 Å². The van der Waals surface area contributed by atoms with Crippen LogP contribution in [0.25, 0.3) is 16.3 Å². The third kappa shape index (κ3) is 3.38. The molecule has 2 amide bonds. The average molecular weight is 422 g/mol. The molecular formula is C27H22N2O3. The second-order valence-corrected chi connectivity index (χ2v) is 7.98. The number of fused-ring (bicyclic) bond motifs is 1. The zero-order chi connectivity index (χ0) is 22.2. The Hall–Kier alpha value is -4.12. The summed E-state index contributed by atoms with van der Waals surface area (Å²) in [5.74, 6) is -0.150. The number of rotatable bonds is 5. The van der Waals surface area contributed by atoms with Crippen LogP contribution in [0.3, 0.4) is 0 Å². The maximum absolute atomic E-state index is 13.5. The van der Waals surface area contributed by atoms with Crippen molar-refractivity contribution in [2.24, 2.45) is 0 Å². The lowest BCUT2D eigenvalue weighted by Gasteiger charge is -2.14. The van der Waals surface area contributed by atoms with Crippen molar-refractivity contribution in [1.82, 2.24) is 4.90 Å². The lowest BCUT2D eigenvalue weighted by molar-refractivity contribution is -0.137. The van der Waals surface area contributed by atoms with Gasteiger partial charge in [-0.05, 0) is 54.1 Å². The summed E-state index contributed by atoms with van der Waals surface area (Å²) in [5.41, 5.74) is 4.33. The molecule has 4 aromatic rings. The van der Waals surface area contributed by atoms with Gasteiger partial charge in [0, 0.05) is 11.1 Å². The number of carbonyl (C=O) groups is 2. The van der Waals surface area contributed by atoms with Gasteiger partial charge in [0.05, 0.1) is 18.4 Å². The van der Waals surface area contributed by atoms with E-state index in [1.165, 1.54) is 11.2 Å². The van der Waals surface area contributed by atoms with E-state index < -0.39 is 0 Å². The highest BCUT2D eigenvalue weighted by Gasteiger charge is 2.39. The second kappa shape index (κ2) is 7.85. The van der Waals surface area contributed by atoms with Gasteiger partial charge in [-0.3, -0.25) is 14.5 Å². The monoisotopic (exact) mass is 422 g/mol. The molecule has 32 heavy (non-hydrogen) atoms. The number of nitrogens with one attached hydrogen (secondary N) is 1. The number of hydrogen-bond acceptors (Lipinski definition) is 4. The minimum atomic E-state index is -0.368. The summed E-state index contributed by atoms with van der Waals surface area (Å²) in [6.45, 7) is 4.10. The molecule has 5 rings (SSSR count). The van der Waals surface area contributed by atoms with Gasteiger partial charge in [-0.1, -0.05) is 54.6 Å². The van der Waals surface area contributed by atoms with Crippen LogP contribution < -0.4 is 5.32 Å². The molecule has 158 valence electrons. The van der Waals surface area contributed by atoms with Crippen LogP contribution in [0.5, 0.6) is 0 Å². The number of benzene rings is 3. The summed E-state index contributed by atoms with van der Waals surface area (Å²) in [5, 5.41) is 5.32. The quantitative estimate of drug-likeness (QED) is 0.435. The number of carbonyl (C=O) groups excluding carboxylic acids is 2. The molecule has 2 heterocycles. The minimum absolute atomic E-state index is 0.0831. The van der Waals surface area contributed by atoms with E-state index in [1.54, 1.807) is 12.1 Å². The second-order valence-electron chi connectivity index (χ2n) is 7.98. The summed E-state index contributed by atoms with van der Waals surface area (Å²) in [6, 6.07) is 23.1. The van der Waals surface area contributed by atoms with Crippen molar-refractivity contribution in [2.45, 2.75) is 20.4 Å². The molecule has 3 aromatic carbocycles. The molecule has 0 saturated carbocycles. The van der Waals surface area contributed by atoms with Crippen LogP contribution in [-0.4, -0.2) is 16.7 Å². The molecule has 0 spiro atoms. The van der Waals surface area contributed by atoms with Crippen LogP contribution in [0, 0.1) is 13.8 Å². The van der Waals surface area contributed by atoms with Crippen LogP contribution in [0.4, 0.5) is 5.69 Å². The Bertz CT molecular complexity index is 1380. The summed E-state index contributed by atoms with van der Waals surface area (Å²) in [6.07, 6.45) is 1.54. The fourth-order valence-electron chi connectivity index (χ4n) is 4.03. The standard InChI is InChI=1S/C27H22N2O3/c1-17-12-13-20(15-18(17)2)24-25(27(31)29(26(24)30)16-21-9-6-14-32-21)28-23-11-5-8-19-7-3-4-10-22(19)23/h3-15,28H,16H2,1-2H3. The van der Waals surface area contributed by atoms with Crippen molar-refractivity contribution < 1.29 is 14.0 Å². The summed E-state index contributed by atoms with van der Waals surface area (Å²) < 4.78 is 5.39. The van der Waals surface area contributed by atoms with Crippen molar-refractivity contribution in [1.29, 1.82) is 0 Å². The fourth-order valence-corrected chi connectivity index (χ4v) is 4.03. The smallest absolute Gasteiger partial charge is 0.278 e. The van der Waals surface area contributed by atoms with E-state index in [1.807, 2.05) is 74.5 Å². The lowest BCUT2D eigenvalue weighted by atomic mass is 9.99. The van der Waals surface area contributed by atoms with E-state index in [0.29, 0.717) is 11.3 Å². The fraction of sp³-hybridized carbons (Fsp3) is 0.111. The van der Waals surface area contributed by atoms with Gasteiger partial charge in [0.25, 0.3) is 11.8 Å². The Kier molecular flexibility index (Phi) is 4.86. The number of imide groups is 1. The largest absolute Gasteiger partial charge is 0.467 e. The van der Waals surface area contributed by atoms with Crippen molar-refractivity contribution in [3.63, 3.8) is 0 Å². The third-order valence-corrected chi connectivity index (χ3v) is 5.91. The number of furan rings is 1. The van der Waals surface area contributed by atoms with Crippen molar-refractivity contribution >= 4 is 33.8 Å². The minimum Gasteiger partial charge on any atom is -0.467 e. The first-order valence-electron chi connectivity index (χ1n) is 10.5. The molecule has 1 aliphatic heterocycles. The van der Waals surface area contributed by atoms with E-state index in [4.69, 9.17) is 4.42 Å². The summed E-state index contributed by atoms with van der Waals surface area (Å²) >= 11 is 0. The predicted molar refractivity (Wildman–Crippen MR) is 125 cm³/mol. The van der Waals surface area contributed by atoms with Crippen LogP contribution in [0.2, 0.25) is 0 Å². The predicted octanol–water partition coefficient (Wildman–Crippen LogP) is 5.44. The summed E-state index contributed by atoms with van der Waals surface area (Å²) in [4.78, 5) is 28.2. The highest BCUT2D eigenvalue weighted by Crippen LogP contribution is 2.34. The molecular weight excluding hydrogens is 400 g/mol. The van der Waals surface area contributed by atoms with Gasteiger partial charge in [-0.25, -0.2) is 0 Å². The molecule has 0 atom stereocenters. The Morgan fingerprint density at radius 2 is 1.66 bits per heavy atom. The molecule has 0 radical (unpaired) electrons.